The molecule has 106 valence electrons. The quantitative estimate of drug-likeness (QED) is 0.488. The molecular weight excluding hydrogens is 306 g/mol. The second-order valence-corrected chi connectivity index (χ2v) is 5.62. The van der Waals surface area contributed by atoms with E-state index in [0.29, 0.717) is 11.3 Å². The van der Waals surface area contributed by atoms with Gasteiger partial charge in [0.2, 0.25) is 0 Å². The van der Waals surface area contributed by atoms with Crippen molar-refractivity contribution in [3.05, 3.63) is 28.0 Å². The lowest BCUT2D eigenvalue weighted by atomic mass is 10.1. The zero-order valence-corrected chi connectivity index (χ0v) is 11.5. The predicted octanol–water partition coefficient (Wildman–Crippen LogP) is 3.33. The molecule has 0 unspecified atom stereocenters. The third-order valence-corrected chi connectivity index (χ3v) is 4.05. The normalized spacial score (nSPS) is 14.8. The van der Waals surface area contributed by atoms with E-state index in [-0.39, 0.29) is 4.88 Å². The van der Waals surface area contributed by atoms with Crippen LogP contribution in [0.3, 0.4) is 0 Å². The van der Waals surface area contributed by atoms with E-state index in [0.717, 1.165) is 24.6 Å². The van der Waals surface area contributed by atoms with Crippen molar-refractivity contribution in [2.24, 2.45) is 4.99 Å². The van der Waals surface area contributed by atoms with Crippen LogP contribution in [-0.2, 0) is 10.2 Å². The van der Waals surface area contributed by atoms with Crippen molar-refractivity contribution in [3.8, 4) is 0 Å². The number of hydrogen-bond donors (Lipinski definition) is 0. The highest BCUT2D eigenvalue weighted by Crippen LogP contribution is 2.31. The molecular formula is C10H9F4NO2S2. The third-order valence-electron chi connectivity index (χ3n) is 2.16. The van der Waals surface area contributed by atoms with Gasteiger partial charge in [-0.15, -0.1) is 15.2 Å². The fourth-order valence-electron chi connectivity index (χ4n) is 1.37. The Labute approximate surface area is 111 Å². The number of nitrogens with zero attached hydrogens (tertiary/aromatic N) is 1. The SMILES string of the molecule is C/C=C(\C(=NC)c1cc(S(=O)(=O)F)cs1)C(F)(F)F. The third kappa shape index (κ3) is 3.63. The predicted molar refractivity (Wildman–Crippen MR) is 64.9 cm³/mol. The molecule has 0 aromatic carbocycles. The molecule has 0 aliphatic carbocycles. The molecule has 0 saturated carbocycles. The Bertz CT molecular complexity index is 626. The highest BCUT2D eigenvalue weighted by atomic mass is 32.3. The Balaban J connectivity index is 3.31. The molecule has 0 radical (unpaired) electrons. The molecule has 3 nitrogen and oxygen atoms in total. The summed E-state index contributed by atoms with van der Waals surface area (Å²) in [6.45, 7) is 1.19. The molecule has 1 heterocycles. The highest BCUT2D eigenvalue weighted by Gasteiger charge is 2.37. The van der Waals surface area contributed by atoms with Crippen LogP contribution >= 0.6 is 11.3 Å². The number of thiophene rings is 1. The average molecular weight is 315 g/mol. The Morgan fingerprint density at radius 2 is 2.00 bits per heavy atom. The lowest BCUT2D eigenvalue weighted by Gasteiger charge is -2.12. The van der Waals surface area contributed by atoms with Crippen LogP contribution in [0.2, 0.25) is 0 Å². The summed E-state index contributed by atoms with van der Waals surface area (Å²) < 4.78 is 72.3. The van der Waals surface area contributed by atoms with Gasteiger partial charge in [0.15, 0.2) is 0 Å². The summed E-state index contributed by atoms with van der Waals surface area (Å²) in [7, 11) is -3.79. The zero-order chi connectivity index (χ0) is 14.8. The van der Waals surface area contributed by atoms with Gasteiger partial charge in [-0.3, -0.25) is 4.99 Å². The lowest BCUT2D eigenvalue weighted by Crippen LogP contribution is -2.20. The van der Waals surface area contributed by atoms with Gasteiger partial charge in [-0.05, 0) is 13.0 Å². The molecule has 0 saturated heterocycles. The van der Waals surface area contributed by atoms with Gasteiger partial charge < -0.3 is 0 Å². The van der Waals surface area contributed by atoms with Crippen LogP contribution in [0.5, 0.6) is 0 Å². The Morgan fingerprint density at radius 1 is 1.42 bits per heavy atom. The Morgan fingerprint density at radius 3 is 2.32 bits per heavy atom. The first kappa shape index (κ1) is 15.8. The number of allylic oxidation sites excluding steroid dienone is 2. The smallest absolute Gasteiger partial charge is 0.287 e. The lowest BCUT2D eigenvalue weighted by molar-refractivity contribution is -0.0861. The molecule has 9 heteroatoms. The van der Waals surface area contributed by atoms with Gasteiger partial charge in [-0.1, -0.05) is 6.08 Å². The molecule has 0 N–H and O–H groups in total. The highest BCUT2D eigenvalue weighted by molar-refractivity contribution is 7.86. The summed E-state index contributed by atoms with van der Waals surface area (Å²) in [6.07, 6.45) is -3.80. The van der Waals surface area contributed by atoms with Gasteiger partial charge in [-0.2, -0.15) is 21.6 Å². The van der Waals surface area contributed by atoms with Crippen LogP contribution in [0.15, 0.2) is 33.0 Å². The fraction of sp³-hybridized carbons (Fsp3) is 0.300. The Hall–Kier alpha value is -1.22. The van der Waals surface area contributed by atoms with E-state index < -0.39 is 32.6 Å². The Kier molecular flexibility index (Phi) is 4.51. The van der Waals surface area contributed by atoms with Crippen molar-refractivity contribution in [1.82, 2.24) is 0 Å². The summed E-state index contributed by atoms with van der Waals surface area (Å²) in [6, 6.07) is 0.831. The van der Waals surface area contributed by atoms with Crippen LogP contribution < -0.4 is 0 Å². The number of hydrogen-bond acceptors (Lipinski definition) is 4. The molecule has 0 fully saturated rings. The average Bonchev–Trinajstić information content (AvgIpc) is 2.72. The largest absolute Gasteiger partial charge is 0.418 e. The molecule has 0 aliphatic heterocycles. The van der Waals surface area contributed by atoms with Crippen LogP contribution in [0, 0.1) is 0 Å². The summed E-state index contributed by atoms with van der Waals surface area (Å²) in [5.74, 6) is 0. The minimum Gasteiger partial charge on any atom is -0.287 e. The molecule has 0 atom stereocenters. The monoisotopic (exact) mass is 315 g/mol. The second kappa shape index (κ2) is 5.41. The maximum absolute atomic E-state index is 12.7. The summed E-state index contributed by atoms with van der Waals surface area (Å²) in [5, 5.41) is 0.930. The molecule has 1 aromatic rings. The summed E-state index contributed by atoms with van der Waals surface area (Å²) >= 11 is 0.678. The van der Waals surface area contributed by atoms with E-state index >= 15 is 0 Å². The number of halogens is 4. The summed E-state index contributed by atoms with van der Waals surface area (Å²) in [5.41, 5.74) is -1.42. The van der Waals surface area contributed by atoms with Crippen molar-refractivity contribution in [1.29, 1.82) is 0 Å². The van der Waals surface area contributed by atoms with Crippen LogP contribution in [-0.4, -0.2) is 27.4 Å². The van der Waals surface area contributed by atoms with Crippen molar-refractivity contribution < 1.29 is 25.5 Å². The molecule has 19 heavy (non-hydrogen) atoms. The van der Waals surface area contributed by atoms with Gasteiger partial charge in [0.05, 0.1) is 16.2 Å². The van der Waals surface area contributed by atoms with E-state index in [1.54, 1.807) is 0 Å². The topological polar surface area (TPSA) is 46.5 Å². The second-order valence-electron chi connectivity index (χ2n) is 3.36. The van der Waals surface area contributed by atoms with Crippen molar-refractivity contribution in [2.75, 3.05) is 7.05 Å². The molecule has 0 amide bonds. The van der Waals surface area contributed by atoms with E-state index in [9.17, 15) is 25.5 Å². The van der Waals surface area contributed by atoms with Gasteiger partial charge >= 0.3 is 16.4 Å². The van der Waals surface area contributed by atoms with Gasteiger partial charge in [0.1, 0.15) is 4.90 Å². The number of alkyl halides is 3. The fourth-order valence-corrected chi connectivity index (χ4v) is 3.13. The standard InChI is InChI=1S/C10H9F4NO2S2/c1-3-7(10(11,12)13)9(15-2)8-4-6(5-18-8)19(14,16)17/h3-5H,1-2H3/b7-3+,15-9?. The van der Waals surface area contributed by atoms with Crippen LogP contribution in [0.4, 0.5) is 17.1 Å². The van der Waals surface area contributed by atoms with Gasteiger partial charge in [-0.25, -0.2) is 0 Å². The maximum Gasteiger partial charge on any atom is 0.418 e. The van der Waals surface area contributed by atoms with E-state index in [2.05, 4.69) is 4.99 Å². The first-order valence-electron chi connectivity index (χ1n) is 4.85. The van der Waals surface area contributed by atoms with Gasteiger partial charge in [0, 0.05) is 12.4 Å². The van der Waals surface area contributed by atoms with Crippen LogP contribution in [0.1, 0.15) is 11.8 Å². The van der Waals surface area contributed by atoms with E-state index in [1.165, 1.54) is 6.92 Å². The molecule has 1 aromatic heterocycles. The first-order valence-corrected chi connectivity index (χ1v) is 7.11. The summed E-state index contributed by atoms with van der Waals surface area (Å²) in [4.78, 5) is 2.77. The van der Waals surface area contributed by atoms with E-state index in [4.69, 9.17) is 0 Å². The van der Waals surface area contributed by atoms with E-state index in [1.807, 2.05) is 0 Å². The first-order chi connectivity index (χ1) is 8.61. The van der Waals surface area contributed by atoms with Crippen molar-refractivity contribution in [3.63, 3.8) is 0 Å². The molecule has 0 spiro atoms. The van der Waals surface area contributed by atoms with Crippen molar-refractivity contribution >= 4 is 27.3 Å². The molecule has 0 aliphatic rings. The number of rotatable bonds is 3. The van der Waals surface area contributed by atoms with Crippen molar-refractivity contribution in [2.45, 2.75) is 18.0 Å². The van der Waals surface area contributed by atoms with Crippen LogP contribution in [0.25, 0.3) is 0 Å². The number of aliphatic imine (C=N–C) groups is 1. The minimum atomic E-state index is -4.94. The minimum absolute atomic E-state index is 0.0656. The zero-order valence-electron chi connectivity index (χ0n) is 9.82. The maximum atomic E-state index is 12.7. The molecule has 0 bridgehead atoms. The molecule has 1 rings (SSSR count). The van der Waals surface area contributed by atoms with Gasteiger partial charge in [0.25, 0.3) is 0 Å².